The number of hydrogen-bond acceptors (Lipinski definition) is 4. The average Bonchev–Trinajstić information content (AvgIpc) is 3.40. The van der Waals surface area contributed by atoms with Crippen LogP contribution in [0.25, 0.3) is 44.8 Å². The van der Waals surface area contributed by atoms with Gasteiger partial charge in [0.25, 0.3) is 0 Å². The fourth-order valence-electron chi connectivity index (χ4n) is 3.64. The Morgan fingerprint density at radius 2 is 1.87 bits per heavy atom. The first kappa shape index (κ1) is 16.9. The zero-order chi connectivity index (χ0) is 20.1. The van der Waals surface area contributed by atoms with Crippen LogP contribution in [-0.2, 0) is 4.79 Å². The number of aromatic amines is 2. The van der Waals surface area contributed by atoms with Crippen LogP contribution in [0.5, 0.6) is 0 Å². The largest absolute Gasteiger partial charge is 0.337 e. The van der Waals surface area contributed by atoms with Crippen molar-refractivity contribution in [2.24, 2.45) is 5.92 Å². The van der Waals surface area contributed by atoms with Crippen molar-refractivity contribution in [2.75, 3.05) is 5.32 Å². The fraction of sp³-hybridized carbons (Fsp3) is 0.130. The SMILES string of the molecule is O=C(Nc1cccc(-c2ccc3[nH]nc(-c4nc5ccccc5[nH]4)c3n2)c1)C1CC1. The molecule has 5 aromatic rings. The maximum atomic E-state index is 12.1. The number of fused-ring (bicyclic) bond motifs is 2. The number of H-pyrrole nitrogens is 2. The number of carbonyl (C=O) groups is 1. The van der Waals surface area contributed by atoms with Gasteiger partial charge in [-0.1, -0.05) is 24.3 Å². The monoisotopic (exact) mass is 394 g/mol. The normalized spacial score (nSPS) is 13.7. The Morgan fingerprint density at radius 3 is 2.73 bits per heavy atom. The smallest absolute Gasteiger partial charge is 0.227 e. The molecule has 1 aliphatic carbocycles. The van der Waals surface area contributed by atoms with Gasteiger partial charge >= 0.3 is 0 Å². The first-order valence-corrected chi connectivity index (χ1v) is 9.96. The molecule has 30 heavy (non-hydrogen) atoms. The Labute approximate surface area is 171 Å². The number of nitrogens with one attached hydrogen (secondary N) is 3. The second kappa shape index (κ2) is 6.52. The van der Waals surface area contributed by atoms with Crippen LogP contribution in [0.15, 0.2) is 60.7 Å². The van der Waals surface area contributed by atoms with Gasteiger partial charge in [0.1, 0.15) is 5.52 Å². The van der Waals surface area contributed by atoms with Crippen LogP contribution in [0.3, 0.4) is 0 Å². The lowest BCUT2D eigenvalue weighted by atomic mass is 10.1. The molecule has 3 aromatic heterocycles. The lowest BCUT2D eigenvalue weighted by molar-refractivity contribution is -0.117. The van der Waals surface area contributed by atoms with Crippen LogP contribution in [-0.4, -0.2) is 31.1 Å². The Bertz CT molecular complexity index is 1380. The van der Waals surface area contributed by atoms with Crippen molar-refractivity contribution in [3.05, 3.63) is 60.7 Å². The Balaban J connectivity index is 1.40. The molecule has 2 aromatic carbocycles. The highest BCUT2D eigenvalue weighted by Gasteiger charge is 2.29. The summed E-state index contributed by atoms with van der Waals surface area (Å²) in [6.07, 6.45) is 1.96. The number of imidazole rings is 1. The molecule has 7 heteroatoms. The molecule has 6 rings (SSSR count). The van der Waals surface area contributed by atoms with E-state index in [9.17, 15) is 4.79 Å². The number of hydrogen-bond donors (Lipinski definition) is 3. The quantitative estimate of drug-likeness (QED) is 0.417. The van der Waals surface area contributed by atoms with Gasteiger partial charge in [-0.25, -0.2) is 9.97 Å². The van der Waals surface area contributed by atoms with E-state index in [1.807, 2.05) is 60.7 Å². The summed E-state index contributed by atoms with van der Waals surface area (Å²) in [6.45, 7) is 0. The van der Waals surface area contributed by atoms with Gasteiger partial charge in [-0.2, -0.15) is 5.10 Å². The first-order chi connectivity index (χ1) is 14.7. The van der Waals surface area contributed by atoms with E-state index >= 15 is 0 Å². The van der Waals surface area contributed by atoms with Crippen molar-refractivity contribution >= 4 is 33.7 Å². The van der Waals surface area contributed by atoms with Gasteiger partial charge in [0.2, 0.25) is 5.91 Å². The molecule has 0 bridgehead atoms. The highest BCUT2D eigenvalue weighted by molar-refractivity contribution is 5.95. The van der Waals surface area contributed by atoms with E-state index in [4.69, 9.17) is 4.98 Å². The summed E-state index contributed by atoms with van der Waals surface area (Å²) in [5.41, 5.74) is 6.65. The molecule has 0 aliphatic heterocycles. The molecule has 146 valence electrons. The molecule has 0 unspecified atom stereocenters. The zero-order valence-corrected chi connectivity index (χ0v) is 16.0. The van der Waals surface area contributed by atoms with Gasteiger partial charge in [-0.05, 0) is 49.2 Å². The average molecular weight is 394 g/mol. The van der Waals surface area contributed by atoms with Crippen LogP contribution in [0.4, 0.5) is 5.69 Å². The van der Waals surface area contributed by atoms with Gasteiger partial charge in [0.05, 0.1) is 22.2 Å². The molecule has 0 atom stereocenters. The third kappa shape index (κ3) is 2.91. The third-order valence-corrected chi connectivity index (χ3v) is 5.40. The van der Waals surface area contributed by atoms with Crippen molar-refractivity contribution in [3.8, 4) is 22.8 Å². The predicted molar refractivity (Wildman–Crippen MR) is 116 cm³/mol. The first-order valence-electron chi connectivity index (χ1n) is 9.96. The van der Waals surface area contributed by atoms with E-state index in [0.29, 0.717) is 11.5 Å². The number of pyridine rings is 1. The maximum Gasteiger partial charge on any atom is 0.227 e. The van der Waals surface area contributed by atoms with Crippen molar-refractivity contribution in [2.45, 2.75) is 12.8 Å². The van der Waals surface area contributed by atoms with Gasteiger partial charge in [0, 0.05) is 17.2 Å². The van der Waals surface area contributed by atoms with Crippen LogP contribution < -0.4 is 5.32 Å². The number of carbonyl (C=O) groups excluding carboxylic acids is 1. The fourth-order valence-corrected chi connectivity index (χ4v) is 3.64. The van der Waals surface area contributed by atoms with E-state index in [-0.39, 0.29) is 11.8 Å². The van der Waals surface area contributed by atoms with E-state index in [1.165, 1.54) is 0 Å². The summed E-state index contributed by atoms with van der Waals surface area (Å²) < 4.78 is 0. The standard InChI is InChI=1S/C23H18N6O/c30-23(13-8-9-13)24-15-5-3-4-14(12-15)16-10-11-19-20(25-16)21(29-28-19)22-26-17-6-1-2-7-18(17)27-22/h1-7,10-13H,8-9H2,(H,24,30)(H,26,27)(H,28,29). The van der Waals surface area contributed by atoms with Crippen molar-refractivity contribution in [3.63, 3.8) is 0 Å². The van der Waals surface area contributed by atoms with E-state index in [1.54, 1.807) is 0 Å². The van der Waals surface area contributed by atoms with E-state index in [2.05, 4.69) is 25.5 Å². The minimum Gasteiger partial charge on any atom is -0.337 e. The molecule has 1 amide bonds. The van der Waals surface area contributed by atoms with Crippen LogP contribution >= 0.6 is 0 Å². The summed E-state index contributed by atoms with van der Waals surface area (Å²) in [5, 5.41) is 10.5. The van der Waals surface area contributed by atoms with Crippen molar-refractivity contribution < 1.29 is 4.79 Å². The summed E-state index contributed by atoms with van der Waals surface area (Å²) in [5.74, 6) is 0.940. The number of aromatic nitrogens is 5. The highest BCUT2D eigenvalue weighted by atomic mass is 16.2. The molecule has 3 heterocycles. The molecule has 0 saturated heterocycles. The molecule has 7 nitrogen and oxygen atoms in total. The summed E-state index contributed by atoms with van der Waals surface area (Å²) in [6, 6.07) is 19.6. The number of rotatable bonds is 4. The van der Waals surface area contributed by atoms with Crippen LogP contribution in [0.2, 0.25) is 0 Å². The second-order valence-electron chi connectivity index (χ2n) is 7.61. The summed E-state index contributed by atoms with van der Waals surface area (Å²) in [7, 11) is 0. The maximum absolute atomic E-state index is 12.1. The Hall–Kier alpha value is -4.00. The van der Waals surface area contributed by atoms with Crippen molar-refractivity contribution in [1.29, 1.82) is 0 Å². The zero-order valence-electron chi connectivity index (χ0n) is 16.0. The lowest BCUT2D eigenvalue weighted by Crippen LogP contribution is -2.13. The van der Waals surface area contributed by atoms with E-state index < -0.39 is 0 Å². The number of anilines is 1. The minimum atomic E-state index is 0.0950. The minimum absolute atomic E-state index is 0.0950. The summed E-state index contributed by atoms with van der Waals surface area (Å²) in [4.78, 5) is 24.9. The molecular weight excluding hydrogens is 376 g/mol. The Morgan fingerprint density at radius 1 is 0.967 bits per heavy atom. The molecule has 1 aliphatic rings. The van der Waals surface area contributed by atoms with E-state index in [0.717, 1.165) is 51.9 Å². The number of nitrogens with zero attached hydrogens (tertiary/aromatic N) is 3. The molecule has 1 fully saturated rings. The van der Waals surface area contributed by atoms with Gasteiger partial charge in [-0.15, -0.1) is 0 Å². The number of amides is 1. The molecular formula is C23H18N6O. The van der Waals surface area contributed by atoms with Crippen molar-refractivity contribution in [1.82, 2.24) is 25.1 Å². The second-order valence-corrected chi connectivity index (χ2v) is 7.61. The predicted octanol–water partition coefficient (Wildman–Crippen LogP) is 4.52. The lowest BCUT2D eigenvalue weighted by Gasteiger charge is -2.07. The summed E-state index contributed by atoms with van der Waals surface area (Å²) >= 11 is 0. The topological polar surface area (TPSA) is 99.4 Å². The van der Waals surface area contributed by atoms with Gasteiger partial charge in [0.15, 0.2) is 11.5 Å². The van der Waals surface area contributed by atoms with Gasteiger partial charge in [-0.3, -0.25) is 9.89 Å². The third-order valence-electron chi connectivity index (χ3n) is 5.40. The molecule has 0 spiro atoms. The Kier molecular flexibility index (Phi) is 3.67. The molecule has 1 saturated carbocycles. The van der Waals surface area contributed by atoms with Crippen LogP contribution in [0.1, 0.15) is 12.8 Å². The highest BCUT2D eigenvalue weighted by Crippen LogP contribution is 2.31. The molecule has 3 N–H and O–H groups in total. The van der Waals surface area contributed by atoms with Gasteiger partial charge < -0.3 is 10.3 Å². The number of para-hydroxylation sites is 2. The number of benzene rings is 2. The van der Waals surface area contributed by atoms with Crippen LogP contribution in [0, 0.1) is 5.92 Å². The molecule has 0 radical (unpaired) electrons.